The number of carbonyl (C=O) groups excluding carboxylic acids is 1. The van der Waals surface area contributed by atoms with E-state index in [4.69, 9.17) is 4.84 Å². The molecule has 0 spiro atoms. The second kappa shape index (κ2) is 2.59. The van der Waals surface area contributed by atoms with Gasteiger partial charge in [-0.2, -0.15) is 0 Å². The van der Waals surface area contributed by atoms with Crippen LogP contribution in [0.4, 0.5) is 0 Å². The van der Waals surface area contributed by atoms with Crippen molar-refractivity contribution in [2.45, 2.75) is 33.3 Å². The first-order chi connectivity index (χ1) is 5.36. The van der Waals surface area contributed by atoms with Gasteiger partial charge < -0.3 is 0 Å². The number of carbonyl (C=O) groups is 1. The van der Waals surface area contributed by atoms with Gasteiger partial charge in [0.2, 0.25) is 0 Å². The third-order valence-electron chi connectivity index (χ3n) is 2.44. The van der Waals surface area contributed by atoms with Gasteiger partial charge in [-0.25, -0.2) is 5.06 Å². The van der Waals surface area contributed by atoms with Crippen LogP contribution in [0.25, 0.3) is 0 Å². The largest absolute Gasteiger partial charge is 0.272 e. The summed E-state index contributed by atoms with van der Waals surface area (Å²) < 4.78 is 0. The minimum atomic E-state index is -0.354. The number of likely N-dealkylation sites (N-methyl/N-ethyl adjacent to an activating group) is 1. The van der Waals surface area contributed by atoms with Crippen molar-refractivity contribution < 1.29 is 9.63 Å². The maximum atomic E-state index is 11.4. The van der Waals surface area contributed by atoms with Gasteiger partial charge in [0.1, 0.15) is 5.60 Å². The van der Waals surface area contributed by atoms with Crippen LogP contribution in [0.3, 0.4) is 0 Å². The van der Waals surface area contributed by atoms with Gasteiger partial charge in [0, 0.05) is 12.6 Å². The molecule has 68 valence electrons. The van der Waals surface area contributed by atoms with Gasteiger partial charge in [0.15, 0.2) is 0 Å². The zero-order valence-electron chi connectivity index (χ0n) is 8.26. The standard InChI is InChI=1S/C9H15NO2/c1-6-7(2)9(3,4)12-10(5)8(6)11/h1-5H3. The van der Waals surface area contributed by atoms with Crippen molar-refractivity contribution in [1.29, 1.82) is 0 Å². The summed E-state index contributed by atoms with van der Waals surface area (Å²) in [4.78, 5) is 16.8. The molecule has 1 amide bonds. The van der Waals surface area contributed by atoms with Gasteiger partial charge >= 0.3 is 0 Å². The minimum absolute atomic E-state index is 0.0492. The fourth-order valence-corrected chi connectivity index (χ4v) is 1.30. The molecular weight excluding hydrogens is 154 g/mol. The van der Waals surface area contributed by atoms with E-state index in [0.717, 1.165) is 11.1 Å². The van der Waals surface area contributed by atoms with Gasteiger partial charge in [0.25, 0.3) is 5.91 Å². The van der Waals surface area contributed by atoms with Gasteiger partial charge in [0.05, 0.1) is 0 Å². The fourth-order valence-electron chi connectivity index (χ4n) is 1.30. The van der Waals surface area contributed by atoms with Crippen LogP contribution in [0.5, 0.6) is 0 Å². The number of hydrogen-bond acceptors (Lipinski definition) is 2. The Kier molecular flexibility index (Phi) is 2.00. The highest BCUT2D eigenvalue weighted by atomic mass is 16.7. The molecular formula is C9H15NO2. The third kappa shape index (κ3) is 1.25. The lowest BCUT2D eigenvalue weighted by atomic mass is 9.93. The smallest absolute Gasteiger partial charge is 0.267 e. The fraction of sp³-hybridized carbons (Fsp3) is 0.667. The Balaban J connectivity index is 3.13. The van der Waals surface area contributed by atoms with Gasteiger partial charge in [-0.1, -0.05) is 0 Å². The maximum Gasteiger partial charge on any atom is 0.272 e. The number of rotatable bonds is 0. The SMILES string of the molecule is CC1=C(C)C(C)(C)ON(C)C1=O. The summed E-state index contributed by atoms with van der Waals surface area (Å²) in [5.74, 6) is -0.0492. The molecule has 0 N–H and O–H groups in total. The normalized spacial score (nSPS) is 23.4. The molecule has 0 atom stereocenters. The molecule has 0 aliphatic carbocycles. The first kappa shape index (κ1) is 9.26. The maximum absolute atomic E-state index is 11.4. The molecule has 12 heavy (non-hydrogen) atoms. The second-order valence-corrected chi connectivity index (χ2v) is 3.65. The van der Waals surface area contributed by atoms with Crippen LogP contribution in [0.1, 0.15) is 27.7 Å². The minimum Gasteiger partial charge on any atom is -0.267 e. The topological polar surface area (TPSA) is 29.5 Å². The number of amides is 1. The second-order valence-electron chi connectivity index (χ2n) is 3.65. The van der Waals surface area contributed by atoms with E-state index < -0.39 is 0 Å². The zero-order valence-corrected chi connectivity index (χ0v) is 8.26. The van der Waals surface area contributed by atoms with Crippen LogP contribution in [0, 0.1) is 0 Å². The van der Waals surface area contributed by atoms with Crippen molar-refractivity contribution in [3.63, 3.8) is 0 Å². The Labute approximate surface area is 73.0 Å². The summed E-state index contributed by atoms with van der Waals surface area (Å²) in [7, 11) is 1.64. The van der Waals surface area contributed by atoms with Crippen molar-refractivity contribution in [1.82, 2.24) is 5.06 Å². The van der Waals surface area contributed by atoms with Crippen LogP contribution in [-0.4, -0.2) is 23.6 Å². The number of hydroxylamine groups is 2. The summed E-state index contributed by atoms with van der Waals surface area (Å²) in [5, 5.41) is 1.29. The average Bonchev–Trinajstić information content (AvgIpc) is 1.97. The number of nitrogens with zero attached hydrogens (tertiary/aromatic N) is 1. The Bertz CT molecular complexity index is 253. The molecule has 0 bridgehead atoms. The molecule has 1 aliphatic heterocycles. The molecule has 0 saturated heterocycles. The molecule has 0 unspecified atom stereocenters. The van der Waals surface area contributed by atoms with E-state index in [0.29, 0.717) is 0 Å². The van der Waals surface area contributed by atoms with Crippen molar-refractivity contribution in [3.8, 4) is 0 Å². The average molecular weight is 169 g/mol. The Morgan fingerprint density at radius 2 is 1.83 bits per heavy atom. The highest BCUT2D eigenvalue weighted by Gasteiger charge is 2.34. The summed E-state index contributed by atoms with van der Waals surface area (Å²) in [6.07, 6.45) is 0. The molecule has 1 aliphatic rings. The van der Waals surface area contributed by atoms with Crippen molar-refractivity contribution in [2.24, 2.45) is 0 Å². The summed E-state index contributed by atoms with van der Waals surface area (Å²) in [6.45, 7) is 7.67. The number of hydrogen-bond donors (Lipinski definition) is 0. The molecule has 1 heterocycles. The molecule has 0 aromatic carbocycles. The van der Waals surface area contributed by atoms with Crippen molar-refractivity contribution in [3.05, 3.63) is 11.1 Å². The lowest BCUT2D eigenvalue weighted by Gasteiger charge is -2.36. The van der Waals surface area contributed by atoms with E-state index in [1.54, 1.807) is 7.05 Å². The summed E-state index contributed by atoms with van der Waals surface area (Å²) in [6, 6.07) is 0. The van der Waals surface area contributed by atoms with Crippen LogP contribution < -0.4 is 0 Å². The van der Waals surface area contributed by atoms with E-state index in [-0.39, 0.29) is 11.5 Å². The predicted molar refractivity (Wildman–Crippen MR) is 46.3 cm³/mol. The van der Waals surface area contributed by atoms with E-state index in [9.17, 15) is 4.79 Å². The first-order valence-electron chi connectivity index (χ1n) is 4.01. The van der Waals surface area contributed by atoms with Crippen LogP contribution >= 0.6 is 0 Å². The van der Waals surface area contributed by atoms with Gasteiger partial charge in [-0.15, -0.1) is 0 Å². The predicted octanol–water partition coefficient (Wildman–Crippen LogP) is 1.51. The van der Waals surface area contributed by atoms with Gasteiger partial charge in [-0.05, 0) is 33.3 Å². The highest BCUT2D eigenvalue weighted by molar-refractivity contribution is 5.93. The zero-order chi connectivity index (χ0) is 9.52. The Morgan fingerprint density at radius 3 is 2.33 bits per heavy atom. The molecule has 3 heteroatoms. The van der Waals surface area contributed by atoms with Crippen molar-refractivity contribution in [2.75, 3.05) is 7.05 Å². The molecule has 0 fully saturated rings. The van der Waals surface area contributed by atoms with Crippen molar-refractivity contribution >= 4 is 5.91 Å². The van der Waals surface area contributed by atoms with E-state index >= 15 is 0 Å². The molecule has 0 aromatic heterocycles. The highest BCUT2D eigenvalue weighted by Crippen LogP contribution is 2.29. The van der Waals surface area contributed by atoms with E-state index in [1.807, 2.05) is 27.7 Å². The lowest BCUT2D eigenvalue weighted by molar-refractivity contribution is -0.214. The van der Waals surface area contributed by atoms with E-state index in [1.165, 1.54) is 5.06 Å². The van der Waals surface area contributed by atoms with E-state index in [2.05, 4.69) is 0 Å². The Morgan fingerprint density at radius 1 is 1.33 bits per heavy atom. The summed E-state index contributed by atoms with van der Waals surface area (Å²) in [5.41, 5.74) is 1.44. The summed E-state index contributed by atoms with van der Waals surface area (Å²) >= 11 is 0. The molecule has 0 saturated carbocycles. The van der Waals surface area contributed by atoms with Crippen LogP contribution in [0.2, 0.25) is 0 Å². The first-order valence-corrected chi connectivity index (χ1v) is 4.01. The third-order valence-corrected chi connectivity index (χ3v) is 2.44. The van der Waals surface area contributed by atoms with Crippen LogP contribution in [0.15, 0.2) is 11.1 Å². The molecule has 0 radical (unpaired) electrons. The monoisotopic (exact) mass is 169 g/mol. The molecule has 0 aromatic rings. The quantitative estimate of drug-likeness (QED) is 0.550. The molecule has 1 rings (SSSR count). The van der Waals surface area contributed by atoms with Gasteiger partial charge in [-0.3, -0.25) is 9.63 Å². The lowest BCUT2D eigenvalue weighted by Crippen LogP contribution is -2.44. The van der Waals surface area contributed by atoms with Crippen LogP contribution in [-0.2, 0) is 9.63 Å². The molecule has 3 nitrogen and oxygen atoms in total. The Hall–Kier alpha value is -0.830.